The van der Waals surface area contributed by atoms with Gasteiger partial charge in [0.15, 0.2) is 0 Å². The summed E-state index contributed by atoms with van der Waals surface area (Å²) in [6, 6.07) is 26.5. The summed E-state index contributed by atoms with van der Waals surface area (Å²) in [6.45, 7) is 5.49. The summed E-state index contributed by atoms with van der Waals surface area (Å²) in [5.41, 5.74) is 2.84. The number of hydrogen-bond donors (Lipinski definition) is 6. The number of benzene rings is 3. The van der Waals surface area contributed by atoms with Crippen molar-refractivity contribution in [2.75, 3.05) is 19.6 Å². The molecule has 216 valence electrons. The molecule has 0 spiro atoms. The van der Waals surface area contributed by atoms with Crippen LogP contribution in [0.5, 0.6) is 0 Å². The van der Waals surface area contributed by atoms with E-state index in [2.05, 4.69) is 90.4 Å². The molecule has 0 radical (unpaired) electrons. The number of nitrogens with one attached hydrogen (secondary N) is 2. The first-order valence-corrected chi connectivity index (χ1v) is 12.8. The SMILES string of the molecule is C[C@@H](NCC1CNCC1c1ccccc1)c1cccc2ccccc12.O=C(O)C=CC(=O)O.O=C(O)C=CC(=O)O. The van der Waals surface area contributed by atoms with Crippen molar-refractivity contribution in [2.24, 2.45) is 5.92 Å². The van der Waals surface area contributed by atoms with Gasteiger partial charge in [0.1, 0.15) is 0 Å². The van der Waals surface area contributed by atoms with Gasteiger partial charge < -0.3 is 31.1 Å². The summed E-state index contributed by atoms with van der Waals surface area (Å²) in [6.07, 6.45) is 2.23. The van der Waals surface area contributed by atoms with Crippen molar-refractivity contribution in [2.45, 2.75) is 18.9 Å². The first kappa shape index (κ1) is 32.4. The number of fused-ring (bicyclic) bond motifs is 1. The van der Waals surface area contributed by atoms with Gasteiger partial charge in [-0.3, -0.25) is 0 Å². The maximum Gasteiger partial charge on any atom is 0.328 e. The summed E-state index contributed by atoms with van der Waals surface area (Å²) in [5, 5.41) is 41.3. The Bertz CT molecular complexity index is 1300. The highest BCUT2D eigenvalue weighted by atomic mass is 16.4. The fourth-order valence-corrected chi connectivity index (χ4v) is 4.39. The molecular formula is C31H34N2O8. The van der Waals surface area contributed by atoms with Crippen LogP contribution in [0.15, 0.2) is 97.1 Å². The first-order valence-electron chi connectivity index (χ1n) is 12.8. The Morgan fingerprint density at radius 2 is 1.27 bits per heavy atom. The van der Waals surface area contributed by atoms with E-state index in [1.54, 1.807) is 0 Å². The Labute approximate surface area is 237 Å². The molecule has 1 aliphatic rings. The molecular weight excluding hydrogens is 528 g/mol. The average Bonchev–Trinajstić information content (AvgIpc) is 3.43. The van der Waals surface area contributed by atoms with Gasteiger partial charge in [0.05, 0.1) is 0 Å². The van der Waals surface area contributed by atoms with E-state index in [0.717, 1.165) is 19.6 Å². The van der Waals surface area contributed by atoms with E-state index in [1.165, 1.54) is 21.9 Å². The molecule has 0 saturated carbocycles. The fraction of sp³-hybridized carbons (Fsp3) is 0.226. The molecule has 6 N–H and O–H groups in total. The fourth-order valence-electron chi connectivity index (χ4n) is 4.39. The number of carboxylic acids is 4. The summed E-state index contributed by atoms with van der Waals surface area (Å²) in [7, 11) is 0. The molecule has 0 aromatic heterocycles. The summed E-state index contributed by atoms with van der Waals surface area (Å²) >= 11 is 0. The molecule has 3 aromatic rings. The summed E-state index contributed by atoms with van der Waals surface area (Å²) in [5.74, 6) is -3.78. The number of rotatable bonds is 9. The minimum absolute atomic E-state index is 0.350. The minimum Gasteiger partial charge on any atom is -0.478 e. The molecule has 0 amide bonds. The molecule has 41 heavy (non-hydrogen) atoms. The second-order valence-electron chi connectivity index (χ2n) is 9.15. The molecule has 3 atom stereocenters. The van der Waals surface area contributed by atoms with Gasteiger partial charge in [-0.25, -0.2) is 19.2 Å². The van der Waals surface area contributed by atoms with Crippen LogP contribution in [0.3, 0.4) is 0 Å². The Kier molecular flexibility index (Phi) is 13.4. The van der Waals surface area contributed by atoms with Crippen molar-refractivity contribution in [3.05, 3.63) is 108 Å². The lowest BCUT2D eigenvalue weighted by molar-refractivity contribution is -0.134. The standard InChI is InChI=1S/C23H26N2.2C4H4O4/c1-17(21-13-7-11-18-10-5-6-12-22(18)21)25-15-20-14-24-16-23(20)19-8-3-2-4-9-19;2*5-3(6)1-2-4(7)8/h2-13,17,20,23-25H,14-16H2,1H3;2*1-2H,(H,5,6)(H,7,8)/t17-,20?,23?;;/m1../s1. The second kappa shape index (κ2) is 17.0. The van der Waals surface area contributed by atoms with Crippen LogP contribution in [0.25, 0.3) is 10.8 Å². The highest BCUT2D eigenvalue weighted by Gasteiger charge is 2.28. The van der Waals surface area contributed by atoms with E-state index in [4.69, 9.17) is 20.4 Å². The van der Waals surface area contributed by atoms with Gasteiger partial charge in [0, 0.05) is 49.4 Å². The van der Waals surface area contributed by atoms with Crippen LogP contribution >= 0.6 is 0 Å². The van der Waals surface area contributed by atoms with Gasteiger partial charge in [-0.05, 0) is 41.3 Å². The molecule has 1 saturated heterocycles. The van der Waals surface area contributed by atoms with Crippen molar-refractivity contribution >= 4 is 34.6 Å². The van der Waals surface area contributed by atoms with E-state index in [-0.39, 0.29) is 0 Å². The molecule has 0 bridgehead atoms. The Morgan fingerprint density at radius 1 is 0.756 bits per heavy atom. The van der Waals surface area contributed by atoms with Crippen LogP contribution in [0.4, 0.5) is 0 Å². The topological polar surface area (TPSA) is 173 Å². The van der Waals surface area contributed by atoms with Gasteiger partial charge in [-0.15, -0.1) is 0 Å². The van der Waals surface area contributed by atoms with Crippen LogP contribution in [0.2, 0.25) is 0 Å². The van der Waals surface area contributed by atoms with E-state index in [0.29, 0.717) is 42.2 Å². The third kappa shape index (κ3) is 11.9. The third-order valence-electron chi connectivity index (χ3n) is 6.28. The Morgan fingerprint density at radius 3 is 1.83 bits per heavy atom. The molecule has 4 rings (SSSR count). The quantitative estimate of drug-likeness (QED) is 0.210. The number of hydrogen-bond acceptors (Lipinski definition) is 6. The largest absolute Gasteiger partial charge is 0.478 e. The molecule has 3 aromatic carbocycles. The minimum atomic E-state index is -1.26. The molecule has 10 heteroatoms. The van der Waals surface area contributed by atoms with Crippen molar-refractivity contribution in [1.82, 2.24) is 10.6 Å². The second-order valence-corrected chi connectivity index (χ2v) is 9.15. The highest BCUT2D eigenvalue weighted by molar-refractivity contribution is 5.90. The highest BCUT2D eigenvalue weighted by Crippen LogP contribution is 2.29. The Balaban J connectivity index is 0.000000304. The zero-order chi connectivity index (χ0) is 30.2. The van der Waals surface area contributed by atoms with Gasteiger partial charge in [-0.1, -0.05) is 72.8 Å². The van der Waals surface area contributed by atoms with Crippen LogP contribution in [0.1, 0.15) is 30.0 Å². The van der Waals surface area contributed by atoms with Crippen molar-refractivity contribution < 1.29 is 39.6 Å². The summed E-state index contributed by atoms with van der Waals surface area (Å²) < 4.78 is 0. The molecule has 10 nitrogen and oxygen atoms in total. The smallest absolute Gasteiger partial charge is 0.328 e. The predicted octanol–water partition coefficient (Wildman–Crippen LogP) is 3.92. The van der Waals surface area contributed by atoms with Gasteiger partial charge in [0.2, 0.25) is 0 Å². The van der Waals surface area contributed by atoms with E-state index in [1.807, 2.05) is 0 Å². The third-order valence-corrected chi connectivity index (χ3v) is 6.28. The molecule has 0 aliphatic carbocycles. The average molecular weight is 563 g/mol. The van der Waals surface area contributed by atoms with E-state index >= 15 is 0 Å². The Hall–Kier alpha value is -4.80. The number of carboxylic acid groups (broad SMARTS) is 4. The van der Waals surface area contributed by atoms with Crippen LogP contribution in [-0.4, -0.2) is 63.9 Å². The van der Waals surface area contributed by atoms with E-state index in [9.17, 15) is 19.2 Å². The number of aliphatic carboxylic acids is 4. The van der Waals surface area contributed by atoms with Gasteiger partial charge in [-0.2, -0.15) is 0 Å². The maximum absolute atomic E-state index is 9.55. The summed E-state index contributed by atoms with van der Waals surface area (Å²) in [4.78, 5) is 38.2. The zero-order valence-electron chi connectivity index (χ0n) is 22.5. The van der Waals surface area contributed by atoms with E-state index < -0.39 is 23.9 Å². The lowest BCUT2D eigenvalue weighted by Gasteiger charge is -2.23. The molecule has 2 unspecified atom stereocenters. The van der Waals surface area contributed by atoms with Crippen molar-refractivity contribution in [1.29, 1.82) is 0 Å². The van der Waals surface area contributed by atoms with Crippen molar-refractivity contribution in [3.8, 4) is 0 Å². The lowest BCUT2D eigenvalue weighted by Crippen LogP contribution is -2.29. The van der Waals surface area contributed by atoms with Gasteiger partial charge >= 0.3 is 23.9 Å². The van der Waals surface area contributed by atoms with Crippen LogP contribution < -0.4 is 10.6 Å². The lowest BCUT2D eigenvalue weighted by atomic mass is 9.88. The van der Waals surface area contributed by atoms with Crippen LogP contribution in [0, 0.1) is 5.92 Å². The normalized spacial score (nSPS) is 16.8. The van der Waals surface area contributed by atoms with Crippen molar-refractivity contribution in [3.63, 3.8) is 0 Å². The zero-order valence-corrected chi connectivity index (χ0v) is 22.5. The first-order chi connectivity index (χ1) is 19.6. The number of carbonyl (C=O) groups is 4. The monoisotopic (exact) mass is 562 g/mol. The van der Waals surface area contributed by atoms with Gasteiger partial charge in [0.25, 0.3) is 0 Å². The van der Waals surface area contributed by atoms with Crippen LogP contribution in [-0.2, 0) is 19.2 Å². The predicted molar refractivity (Wildman–Crippen MR) is 155 cm³/mol. The molecule has 1 heterocycles. The molecule has 1 fully saturated rings. The molecule has 1 aliphatic heterocycles. The maximum atomic E-state index is 9.55.